The molecule has 0 amide bonds. The summed E-state index contributed by atoms with van der Waals surface area (Å²) >= 11 is 0. The van der Waals surface area contributed by atoms with E-state index in [1.807, 2.05) is 24.3 Å². The monoisotopic (exact) mass is 383 g/mol. The Morgan fingerprint density at radius 3 is 2.31 bits per heavy atom. The van der Waals surface area contributed by atoms with Crippen molar-refractivity contribution in [3.05, 3.63) is 52.2 Å². The van der Waals surface area contributed by atoms with Gasteiger partial charge in [0.15, 0.2) is 0 Å². The highest BCUT2D eigenvalue weighted by atomic mass is 31.2. The molecule has 9 heteroatoms. The quantitative estimate of drug-likeness (QED) is 0.679. The molecule has 1 heterocycles. The van der Waals surface area contributed by atoms with Crippen molar-refractivity contribution in [3.63, 3.8) is 0 Å². The number of hydrogen-bond acceptors (Lipinski definition) is 4. The topological polar surface area (TPSA) is 107 Å². The predicted molar refractivity (Wildman–Crippen MR) is 98.0 cm³/mol. The molecule has 0 bridgehead atoms. The number of phosphoric ester groups is 1. The van der Waals surface area contributed by atoms with Gasteiger partial charge in [-0.15, -0.1) is 0 Å². The van der Waals surface area contributed by atoms with Crippen LogP contribution in [-0.2, 0) is 15.6 Å². The minimum atomic E-state index is -4.64. The highest BCUT2D eigenvalue weighted by Crippen LogP contribution is 2.40. The zero-order chi connectivity index (χ0) is 19.5. The van der Waals surface area contributed by atoms with Gasteiger partial charge in [0.25, 0.3) is 0 Å². The maximum absolute atomic E-state index is 12.6. The first-order valence-corrected chi connectivity index (χ1v) is 10.1. The molecule has 2 aromatic rings. The Kier molecular flexibility index (Phi) is 6.58. The summed E-state index contributed by atoms with van der Waals surface area (Å²) in [5.41, 5.74) is 1.86. The molecule has 0 aliphatic rings. The summed E-state index contributed by atoms with van der Waals surface area (Å²) in [5.74, 6) is 0.440. The minimum absolute atomic E-state index is 0.342. The Bertz CT molecular complexity index is 822. The lowest BCUT2D eigenvalue weighted by molar-refractivity contribution is 0.0961. The zero-order valence-corrected chi connectivity index (χ0v) is 16.3. The van der Waals surface area contributed by atoms with Crippen LogP contribution in [0.5, 0.6) is 0 Å². The first kappa shape index (κ1) is 20.6. The average molecular weight is 383 g/mol. The number of benzene rings is 1. The van der Waals surface area contributed by atoms with E-state index < -0.39 is 20.0 Å². The van der Waals surface area contributed by atoms with Gasteiger partial charge in [-0.2, -0.15) is 5.10 Å². The van der Waals surface area contributed by atoms with Gasteiger partial charge < -0.3 is 9.79 Å². The maximum atomic E-state index is 12.6. The van der Waals surface area contributed by atoms with Gasteiger partial charge in [0, 0.05) is 0 Å². The van der Waals surface area contributed by atoms with Crippen LogP contribution in [0.25, 0.3) is 0 Å². The van der Waals surface area contributed by atoms with E-state index in [9.17, 15) is 9.36 Å². The van der Waals surface area contributed by atoms with Crippen LogP contribution in [-0.4, -0.2) is 30.2 Å². The van der Waals surface area contributed by atoms with Gasteiger partial charge in [0.1, 0.15) is 6.33 Å². The summed E-state index contributed by atoms with van der Waals surface area (Å²) in [4.78, 5) is 30.6. The van der Waals surface area contributed by atoms with E-state index in [0.29, 0.717) is 18.9 Å². The summed E-state index contributed by atoms with van der Waals surface area (Å²) in [7, 11) is -4.64. The molecule has 2 rings (SSSR count). The molecule has 0 aliphatic heterocycles. The Labute approximate surface area is 152 Å². The Hall–Kier alpha value is -1.73. The summed E-state index contributed by atoms with van der Waals surface area (Å²) < 4.78 is 18.5. The first-order valence-electron chi connectivity index (χ1n) is 8.59. The van der Waals surface area contributed by atoms with Gasteiger partial charge in [-0.1, -0.05) is 45.0 Å². The molecular formula is C17H26N3O5P. The molecule has 1 aromatic heterocycles. The van der Waals surface area contributed by atoms with E-state index in [2.05, 4.69) is 18.9 Å². The second kappa shape index (κ2) is 8.31. The number of nitrogens with zero attached hydrogens (tertiary/aromatic N) is 3. The molecule has 0 saturated heterocycles. The minimum Gasteiger partial charge on any atom is -0.303 e. The molecule has 1 aromatic carbocycles. The van der Waals surface area contributed by atoms with Crippen molar-refractivity contribution in [3.8, 4) is 0 Å². The second-order valence-corrected chi connectivity index (χ2v) is 7.85. The maximum Gasteiger partial charge on any atom is 0.469 e. The molecule has 0 saturated carbocycles. The number of rotatable bonds is 8. The summed E-state index contributed by atoms with van der Waals surface area (Å²) in [6.07, 6.45) is 1.03. The van der Waals surface area contributed by atoms with Crippen molar-refractivity contribution < 1.29 is 18.9 Å². The molecule has 2 N–H and O–H groups in total. The number of aromatic nitrogens is 3. The lowest BCUT2D eigenvalue weighted by atomic mass is 10.0. The summed E-state index contributed by atoms with van der Waals surface area (Å²) in [6, 6.07) is 7.48. The van der Waals surface area contributed by atoms with Crippen molar-refractivity contribution in [2.75, 3.05) is 0 Å². The van der Waals surface area contributed by atoms with E-state index in [-0.39, 0.29) is 5.69 Å². The highest BCUT2D eigenvalue weighted by Gasteiger charge is 2.28. The third-order valence-corrected chi connectivity index (χ3v) is 4.94. The van der Waals surface area contributed by atoms with E-state index in [4.69, 9.17) is 14.3 Å². The van der Waals surface area contributed by atoms with E-state index >= 15 is 0 Å². The fourth-order valence-electron chi connectivity index (χ4n) is 2.88. The van der Waals surface area contributed by atoms with Gasteiger partial charge >= 0.3 is 13.5 Å². The van der Waals surface area contributed by atoms with Crippen LogP contribution in [0.4, 0.5) is 0 Å². The molecule has 8 nitrogen and oxygen atoms in total. The normalized spacial score (nSPS) is 14.6. The molecular weight excluding hydrogens is 357 g/mol. The van der Waals surface area contributed by atoms with Gasteiger partial charge in [-0.3, -0.25) is 9.09 Å². The summed E-state index contributed by atoms with van der Waals surface area (Å²) in [6.45, 7) is 7.94. The van der Waals surface area contributed by atoms with Gasteiger partial charge in [-0.25, -0.2) is 14.0 Å². The molecule has 0 unspecified atom stereocenters. The average Bonchev–Trinajstić information content (AvgIpc) is 2.88. The lowest BCUT2D eigenvalue weighted by Crippen LogP contribution is -2.34. The van der Waals surface area contributed by atoms with Crippen LogP contribution in [0.3, 0.4) is 0 Å². The van der Waals surface area contributed by atoms with Crippen LogP contribution >= 0.6 is 7.82 Å². The smallest absolute Gasteiger partial charge is 0.303 e. The third-order valence-electron chi connectivity index (χ3n) is 4.33. The number of hydrogen-bond donors (Lipinski definition) is 2. The predicted octanol–water partition coefficient (Wildman–Crippen LogP) is 2.67. The van der Waals surface area contributed by atoms with Crippen molar-refractivity contribution >= 4 is 7.82 Å². The molecule has 0 radical (unpaired) electrons. The van der Waals surface area contributed by atoms with Crippen LogP contribution in [0, 0.1) is 0 Å². The second-order valence-electron chi connectivity index (χ2n) is 6.66. The standard InChI is InChI=1S/C17H26N3O5P/c1-5-16(13(4)25-26(22,23)24)20-17(21)19(11-18-20)10-14-6-8-15(9-7-14)12(2)3/h6-9,11-13,16H,5,10H2,1-4H3,(H2,22,23,24)/t13-,16+/m1/s1. The number of phosphoric acid groups is 1. The van der Waals surface area contributed by atoms with Gasteiger partial charge in [0.2, 0.25) is 0 Å². The fourth-order valence-corrected chi connectivity index (χ4v) is 3.45. The van der Waals surface area contributed by atoms with Crippen LogP contribution < -0.4 is 5.69 Å². The van der Waals surface area contributed by atoms with Gasteiger partial charge in [0.05, 0.1) is 18.7 Å². The van der Waals surface area contributed by atoms with Crippen molar-refractivity contribution in [1.29, 1.82) is 0 Å². The van der Waals surface area contributed by atoms with E-state index in [0.717, 1.165) is 5.56 Å². The van der Waals surface area contributed by atoms with Crippen LogP contribution in [0.15, 0.2) is 35.4 Å². The molecule has 0 aliphatic carbocycles. The largest absolute Gasteiger partial charge is 0.469 e. The Balaban J connectivity index is 2.20. The molecule has 0 fully saturated rings. The SMILES string of the molecule is CC[C@@H]([C@@H](C)OP(=O)(O)O)n1ncn(Cc2ccc(C(C)C)cc2)c1=O. The van der Waals surface area contributed by atoms with E-state index in [1.165, 1.54) is 28.1 Å². The first-order chi connectivity index (χ1) is 12.1. The molecule has 0 spiro atoms. The third kappa shape index (κ3) is 5.14. The Morgan fingerprint density at radius 2 is 1.81 bits per heavy atom. The van der Waals surface area contributed by atoms with Crippen LogP contribution in [0.2, 0.25) is 0 Å². The Morgan fingerprint density at radius 1 is 1.19 bits per heavy atom. The van der Waals surface area contributed by atoms with Crippen molar-refractivity contribution in [2.45, 2.75) is 58.7 Å². The molecule has 144 valence electrons. The van der Waals surface area contributed by atoms with E-state index in [1.54, 1.807) is 6.92 Å². The highest BCUT2D eigenvalue weighted by molar-refractivity contribution is 7.46. The van der Waals surface area contributed by atoms with Crippen molar-refractivity contribution in [2.24, 2.45) is 0 Å². The van der Waals surface area contributed by atoms with Gasteiger partial charge in [-0.05, 0) is 30.4 Å². The zero-order valence-electron chi connectivity index (χ0n) is 15.4. The molecule has 2 atom stereocenters. The fraction of sp³-hybridized carbons (Fsp3) is 0.529. The molecule has 26 heavy (non-hydrogen) atoms. The van der Waals surface area contributed by atoms with Crippen LogP contribution in [0.1, 0.15) is 57.2 Å². The lowest BCUT2D eigenvalue weighted by Gasteiger charge is -2.22. The van der Waals surface area contributed by atoms with Crippen molar-refractivity contribution in [1.82, 2.24) is 14.3 Å². The summed E-state index contributed by atoms with van der Waals surface area (Å²) in [5, 5.41) is 4.11.